The number of allylic oxidation sites excluding steroid dienone is 1. The normalized spacial score (nSPS) is 29.4. The molecule has 39 heavy (non-hydrogen) atoms. The van der Waals surface area contributed by atoms with Crippen LogP contribution in [0.1, 0.15) is 52.4 Å². The number of thioether (sulfide) groups is 1. The first-order valence-electron chi connectivity index (χ1n) is 13.5. The molecule has 1 saturated heterocycles. The average molecular weight is 602 g/mol. The molecule has 1 unspecified atom stereocenters. The number of hydrogen-bond donors (Lipinski definition) is 3. The maximum absolute atomic E-state index is 13.7. The van der Waals surface area contributed by atoms with Crippen molar-refractivity contribution in [2.75, 3.05) is 30.1 Å². The van der Waals surface area contributed by atoms with Crippen LogP contribution in [0.2, 0.25) is 0 Å². The molecule has 0 aromatic heterocycles. The Bertz CT molecular complexity index is 859. The van der Waals surface area contributed by atoms with E-state index in [-0.39, 0.29) is 24.7 Å². The highest BCUT2D eigenvalue weighted by Crippen LogP contribution is 2.25. The Balaban J connectivity index is 2.52. The van der Waals surface area contributed by atoms with E-state index in [9.17, 15) is 19.2 Å². The highest BCUT2D eigenvalue weighted by atomic mass is 33.1. The Morgan fingerprint density at radius 1 is 1.18 bits per heavy atom. The van der Waals surface area contributed by atoms with Crippen molar-refractivity contribution < 1.29 is 28.7 Å². The third kappa shape index (κ3) is 12.2. The van der Waals surface area contributed by atoms with Gasteiger partial charge in [-0.25, -0.2) is 0 Å². The summed E-state index contributed by atoms with van der Waals surface area (Å²) < 4.78 is 11.9. The zero-order valence-corrected chi connectivity index (χ0v) is 25.6. The van der Waals surface area contributed by atoms with Crippen molar-refractivity contribution in [3.63, 3.8) is 0 Å². The minimum absolute atomic E-state index is 0.0170. The summed E-state index contributed by atoms with van der Waals surface area (Å²) in [5, 5.41) is 8.79. The number of fused-ring (bicyclic) bond motifs is 7. The minimum atomic E-state index is -0.824. The Labute approximate surface area is 244 Å². The first-order chi connectivity index (χ1) is 18.8. The van der Waals surface area contributed by atoms with Gasteiger partial charge in [0, 0.05) is 11.5 Å². The van der Waals surface area contributed by atoms with Crippen LogP contribution in [0.4, 0.5) is 0 Å². The van der Waals surface area contributed by atoms with Crippen LogP contribution < -0.4 is 16.0 Å². The van der Waals surface area contributed by atoms with Crippen molar-refractivity contribution in [1.82, 2.24) is 16.0 Å². The van der Waals surface area contributed by atoms with Crippen molar-refractivity contribution in [1.29, 1.82) is 0 Å². The van der Waals surface area contributed by atoms with Crippen LogP contribution in [0.15, 0.2) is 24.8 Å². The summed E-state index contributed by atoms with van der Waals surface area (Å²) in [5.41, 5.74) is 0. The predicted octanol–water partition coefficient (Wildman–Crippen LogP) is 3.25. The van der Waals surface area contributed by atoms with Gasteiger partial charge in [0.1, 0.15) is 18.2 Å². The summed E-state index contributed by atoms with van der Waals surface area (Å²) in [5.74, 6) is 0.0910. The van der Waals surface area contributed by atoms with Crippen molar-refractivity contribution >= 4 is 57.0 Å². The molecule has 1 fully saturated rings. The summed E-state index contributed by atoms with van der Waals surface area (Å²) in [6.45, 7) is 8.08. The van der Waals surface area contributed by atoms with E-state index in [1.54, 1.807) is 34.7 Å². The van der Waals surface area contributed by atoms with Gasteiger partial charge in [-0.1, -0.05) is 54.0 Å². The van der Waals surface area contributed by atoms with Gasteiger partial charge in [0.25, 0.3) is 0 Å². The van der Waals surface area contributed by atoms with Gasteiger partial charge < -0.3 is 25.4 Å². The van der Waals surface area contributed by atoms with Gasteiger partial charge in [-0.2, -0.15) is 11.8 Å². The molecule has 3 N–H and O–H groups in total. The van der Waals surface area contributed by atoms with E-state index >= 15 is 0 Å². The van der Waals surface area contributed by atoms with Crippen molar-refractivity contribution in [3.8, 4) is 0 Å². The maximum Gasteiger partial charge on any atom is 0.309 e. The number of amides is 3. The molecule has 6 atom stereocenters. The standard InChI is InChI=1S/C27H43N3O6S3/c1-5-7-12-35-22-16-24(32)36-19-10-8-9-13-38-39-17-21(27(34)30-25(22)18(3)6-2)29-26(33)20(11-14-37-4)28-23(31)15-19/h5,8,10,18-22,25H,1,6-7,9,11-17H2,2-4H3,(H,28,31)(H,29,33)(H,30,34)/b10-8+/t18?,19-,20-,21-,22+,25-/m1/s1. The van der Waals surface area contributed by atoms with E-state index in [1.165, 1.54) is 10.8 Å². The first kappa shape index (κ1) is 33.6. The number of nitrogens with one attached hydrogen (secondary N) is 3. The highest BCUT2D eigenvalue weighted by Gasteiger charge is 2.35. The van der Waals surface area contributed by atoms with Crippen molar-refractivity contribution in [2.24, 2.45) is 5.92 Å². The summed E-state index contributed by atoms with van der Waals surface area (Å²) in [4.78, 5) is 53.2. The minimum Gasteiger partial charge on any atom is -0.457 e. The van der Waals surface area contributed by atoms with Crippen LogP contribution in [0, 0.1) is 5.92 Å². The van der Waals surface area contributed by atoms with Gasteiger partial charge in [0.05, 0.1) is 31.6 Å². The van der Waals surface area contributed by atoms with Crippen LogP contribution in [0.3, 0.4) is 0 Å². The zero-order valence-electron chi connectivity index (χ0n) is 23.1. The Kier molecular flexibility index (Phi) is 16.1. The van der Waals surface area contributed by atoms with Gasteiger partial charge >= 0.3 is 5.97 Å². The van der Waals surface area contributed by atoms with Crippen LogP contribution in [-0.4, -0.2) is 84.1 Å². The summed E-state index contributed by atoms with van der Waals surface area (Å²) in [6.07, 6.45) is 8.11. The first-order valence-corrected chi connectivity index (χ1v) is 17.4. The van der Waals surface area contributed by atoms with Gasteiger partial charge in [0.2, 0.25) is 17.7 Å². The Hall–Kier alpha value is -1.63. The molecule has 220 valence electrons. The molecule has 2 rings (SSSR count). The molecule has 0 spiro atoms. The lowest BCUT2D eigenvalue weighted by molar-refractivity contribution is -0.152. The molecule has 2 aliphatic heterocycles. The fourth-order valence-corrected chi connectivity index (χ4v) is 6.81. The third-order valence-electron chi connectivity index (χ3n) is 6.59. The molecule has 9 nitrogen and oxygen atoms in total. The largest absolute Gasteiger partial charge is 0.457 e. The van der Waals surface area contributed by atoms with E-state index in [4.69, 9.17) is 9.47 Å². The molecule has 2 aliphatic rings. The second-order valence-electron chi connectivity index (χ2n) is 9.63. The lowest BCUT2D eigenvalue weighted by Crippen LogP contribution is -2.58. The van der Waals surface area contributed by atoms with E-state index in [0.717, 1.165) is 12.2 Å². The molecular weight excluding hydrogens is 559 g/mol. The van der Waals surface area contributed by atoms with Crippen molar-refractivity contribution in [3.05, 3.63) is 24.8 Å². The molecule has 0 saturated carbocycles. The molecule has 2 heterocycles. The molecule has 0 radical (unpaired) electrons. The lowest BCUT2D eigenvalue weighted by atomic mass is 9.92. The Morgan fingerprint density at radius 3 is 2.69 bits per heavy atom. The van der Waals surface area contributed by atoms with E-state index < -0.39 is 48.1 Å². The number of rotatable bonds is 9. The Morgan fingerprint density at radius 2 is 1.97 bits per heavy atom. The fourth-order valence-electron chi connectivity index (χ4n) is 4.18. The molecular formula is C27H43N3O6S3. The smallest absolute Gasteiger partial charge is 0.309 e. The topological polar surface area (TPSA) is 123 Å². The number of hydrogen-bond acceptors (Lipinski definition) is 9. The van der Waals surface area contributed by atoms with E-state index in [2.05, 4.69) is 22.5 Å². The molecule has 2 bridgehead atoms. The van der Waals surface area contributed by atoms with Crippen LogP contribution in [0.5, 0.6) is 0 Å². The van der Waals surface area contributed by atoms with Gasteiger partial charge in [-0.15, -0.1) is 6.58 Å². The fraction of sp³-hybridized carbons (Fsp3) is 0.704. The second-order valence-corrected chi connectivity index (χ2v) is 13.2. The zero-order chi connectivity index (χ0) is 28.6. The van der Waals surface area contributed by atoms with Gasteiger partial charge in [0.15, 0.2) is 0 Å². The molecule has 0 aromatic carbocycles. The monoisotopic (exact) mass is 601 g/mol. The summed E-state index contributed by atoms with van der Waals surface area (Å²) in [6, 6.07) is -2.13. The van der Waals surface area contributed by atoms with Crippen molar-refractivity contribution in [2.45, 2.75) is 82.7 Å². The maximum atomic E-state index is 13.7. The molecule has 3 amide bonds. The van der Waals surface area contributed by atoms with E-state index in [0.29, 0.717) is 37.4 Å². The average Bonchev–Trinajstić information content (AvgIpc) is 2.91. The van der Waals surface area contributed by atoms with Gasteiger partial charge in [-0.05, 0) is 43.3 Å². The van der Waals surface area contributed by atoms with Crippen LogP contribution in [-0.2, 0) is 28.7 Å². The quantitative estimate of drug-likeness (QED) is 0.158. The molecule has 12 heteroatoms. The van der Waals surface area contributed by atoms with Gasteiger partial charge in [-0.3, -0.25) is 19.2 Å². The highest BCUT2D eigenvalue weighted by molar-refractivity contribution is 8.76. The number of carbonyl (C=O) groups excluding carboxylic acids is 4. The number of esters is 1. The molecule has 0 aromatic rings. The summed E-state index contributed by atoms with van der Waals surface area (Å²) >= 11 is 1.56. The van der Waals surface area contributed by atoms with E-state index in [1.807, 2.05) is 26.2 Å². The van der Waals surface area contributed by atoms with Crippen LogP contribution in [0.25, 0.3) is 0 Å². The second kappa shape index (κ2) is 18.7. The third-order valence-corrected chi connectivity index (χ3v) is 9.68. The number of ether oxygens (including phenoxy) is 2. The SMILES string of the molecule is C=CCCO[C@H]1CC(=O)O[C@@H]2/C=C/CCSSC[C@@H](NC(=O)[C@@H](CCSC)NC(=O)C2)C(=O)N[C@@H]1C(C)CC. The number of carbonyl (C=O) groups is 4. The predicted molar refractivity (Wildman–Crippen MR) is 161 cm³/mol. The molecule has 0 aliphatic carbocycles. The van der Waals surface area contributed by atoms with Crippen LogP contribution >= 0.6 is 33.3 Å². The summed E-state index contributed by atoms with van der Waals surface area (Å²) in [7, 11) is 3.12. The lowest BCUT2D eigenvalue weighted by Gasteiger charge is -2.33.